The Bertz CT molecular complexity index is 293. The number of methoxy groups -OCH3 is 1. The Morgan fingerprint density at radius 3 is 2.44 bits per heavy atom. The molecule has 16 heavy (non-hydrogen) atoms. The monoisotopic (exact) mass is 222 g/mol. The van der Waals surface area contributed by atoms with E-state index in [1.54, 1.807) is 7.11 Å². The molecule has 0 bridgehead atoms. The molecule has 1 aromatic heterocycles. The molecule has 0 radical (unpaired) electrons. The van der Waals surface area contributed by atoms with Crippen LogP contribution in [0.15, 0.2) is 18.3 Å². The lowest BCUT2D eigenvalue weighted by Gasteiger charge is -2.20. The van der Waals surface area contributed by atoms with E-state index in [2.05, 4.69) is 18.8 Å². The van der Waals surface area contributed by atoms with Crippen LogP contribution in [-0.4, -0.2) is 18.1 Å². The molecule has 1 heterocycles. The van der Waals surface area contributed by atoms with Gasteiger partial charge in [-0.05, 0) is 17.9 Å². The normalized spacial score (nSPS) is 12.8. The number of nitrogens with zero attached hydrogens (tertiary/aromatic N) is 1. The predicted molar refractivity (Wildman–Crippen MR) is 66.5 cm³/mol. The summed E-state index contributed by atoms with van der Waals surface area (Å²) in [7, 11) is 1.62. The van der Waals surface area contributed by atoms with Crippen LogP contribution < -0.4 is 10.5 Å². The fraction of sp³-hybridized carbons (Fsp3) is 0.615. The van der Waals surface area contributed by atoms with Crippen LogP contribution in [0.1, 0.15) is 32.3 Å². The first-order chi connectivity index (χ1) is 7.71. The highest BCUT2D eigenvalue weighted by atomic mass is 16.5. The van der Waals surface area contributed by atoms with Crippen molar-refractivity contribution in [3.8, 4) is 5.88 Å². The lowest BCUT2D eigenvalue weighted by molar-refractivity contribution is 0.389. The Labute approximate surface area is 98.0 Å². The molecule has 0 aliphatic carbocycles. The van der Waals surface area contributed by atoms with Gasteiger partial charge in [-0.15, -0.1) is 0 Å². The quantitative estimate of drug-likeness (QED) is 0.804. The second kappa shape index (κ2) is 6.48. The van der Waals surface area contributed by atoms with Gasteiger partial charge in [-0.3, -0.25) is 0 Å². The van der Waals surface area contributed by atoms with Gasteiger partial charge in [0.25, 0.3) is 0 Å². The molecule has 1 unspecified atom stereocenters. The summed E-state index contributed by atoms with van der Waals surface area (Å²) in [5.74, 6) is 1.25. The maximum atomic E-state index is 6.18. The maximum Gasteiger partial charge on any atom is 0.212 e. The summed E-state index contributed by atoms with van der Waals surface area (Å²) < 4.78 is 5.02. The number of nitrogens with two attached hydrogens (primary N) is 1. The summed E-state index contributed by atoms with van der Waals surface area (Å²) >= 11 is 0. The van der Waals surface area contributed by atoms with Gasteiger partial charge in [-0.25, -0.2) is 4.98 Å². The highest BCUT2D eigenvalue weighted by Gasteiger charge is 2.14. The minimum absolute atomic E-state index is 0.227. The Morgan fingerprint density at radius 2 is 2.00 bits per heavy atom. The van der Waals surface area contributed by atoms with Crippen LogP contribution in [0.2, 0.25) is 0 Å². The van der Waals surface area contributed by atoms with E-state index in [9.17, 15) is 0 Å². The third kappa shape index (κ3) is 3.49. The molecule has 0 spiro atoms. The van der Waals surface area contributed by atoms with Gasteiger partial charge in [0.15, 0.2) is 0 Å². The molecule has 3 heteroatoms. The molecular weight excluding hydrogens is 200 g/mol. The molecule has 3 nitrogen and oxygen atoms in total. The van der Waals surface area contributed by atoms with Gasteiger partial charge in [0.2, 0.25) is 5.88 Å². The Hall–Kier alpha value is -1.09. The first kappa shape index (κ1) is 13.0. The fourth-order valence-corrected chi connectivity index (χ4v) is 1.99. The van der Waals surface area contributed by atoms with Crippen molar-refractivity contribution < 1.29 is 4.74 Å². The van der Waals surface area contributed by atoms with Gasteiger partial charge in [0.1, 0.15) is 0 Å². The highest BCUT2D eigenvalue weighted by Crippen LogP contribution is 2.16. The SMILES string of the molecule is CCC(CC)C(N)Cc1ccc(OC)nc1. The van der Waals surface area contributed by atoms with Crippen molar-refractivity contribution in [1.29, 1.82) is 0 Å². The van der Waals surface area contributed by atoms with E-state index < -0.39 is 0 Å². The zero-order valence-electron chi connectivity index (χ0n) is 10.4. The molecule has 0 aromatic carbocycles. The first-order valence-corrected chi connectivity index (χ1v) is 5.95. The van der Waals surface area contributed by atoms with E-state index in [-0.39, 0.29) is 6.04 Å². The number of aromatic nitrogens is 1. The summed E-state index contributed by atoms with van der Waals surface area (Å²) in [5, 5.41) is 0. The number of hydrogen-bond acceptors (Lipinski definition) is 3. The molecule has 0 fully saturated rings. The second-order valence-electron chi connectivity index (χ2n) is 4.15. The minimum atomic E-state index is 0.227. The number of hydrogen-bond donors (Lipinski definition) is 1. The summed E-state index contributed by atoms with van der Waals surface area (Å²) in [6.07, 6.45) is 5.02. The van der Waals surface area contributed by atoms with Gasteiger partial charge < -0.3 is 10.5 Å². The topological polar surface area (TPSA) is 48.1 Å². The van der Waals surface area contributed by atoms with Crippen molar-refractivity contribution in [1.82, 2.24) is 4.98 Å². The standard InChI is InChI=1S/C13H22N2O/c1-4-11(5-2)12(14)8-10-6-7-13(16-3)15-9-10/h6-7,9,11-12H,4-5,8,14H2,1-3H3. The van der Waals surface area contributed by atoms with Crippen molar-refractivity contribution in [3.05, 3.63) is 23.9 Å². The highest BCUT2D eigenvalue weighted by molar-refractivity contribution is 5.18. The van der Waals surface area contributed by atoms with Crippen LogP contribution in [0.25, 0.3) is 0 Å². The number of rotatable bonds is 6. The summed E-state index contributed by atoms with van der Waals surface area (Å²) in [6.45, 7) is 4.39. The first-order valence-electron chi connectivity index (χ1n) is 5.95. The molecule has 0 saturated carbocycles. The fourth-order valence-electron chi connectivity index (χ4n) is 1.99. The van der Waals surface area contributed by atoms with Crippen LogP contribution in [0, 0.1) is 5.92 Å². The predicted octanol–water partition coefficient (Wildman–Crippen LogP) is 2.40. The second-order valence-corrected chi connectivity index (χ2v) is 4.15. The molecule has 1 rings (SSSR count). The van der Waals surface area contributed by atoms with Gasteiger partial charge in [-0.1, -0.05) is 32.8 Å². The molecule has 1 aromatic rings. The van der Waals surface area contributed by atoms with Crippen LogP contribution in [0.5, 0.6) is 5.88 Å². The zero-order valence-corrected chi connectivity index (χ0v) is 10.4. The van der Waals surface area contributed by atoms with Crippen molar-refractivity contribution in [2.75, 3.05) is 7.11 Å². The van der Waals surface area contributed by atoms with Gasteiger partial charge in [0.05, 0.1) is 7.11 Å². The third-order valence-electron chi connectivity index (χ3n) is 3.13. The van der Waals surface area contributed by atoms with E-state index >= 15 is 0 Å². The van der Waals surface area contributed by atoms with E-state index in [0.717, 1.165) is 19.3 Å². The third-order valence-corrected chi connectivity index (χ3v) is 3.13. The lowest BCUT2D eigenvalue weighted by Crippen LogP contribution is -2.31. The van der Waals surface area contributed by atoms with Crippen LogP contribution in [-0.2, 0) is 6.42 Å². The molecule has 0 amide bonds. The number of pyridine rings is 1. The van der Waals surface area contributed by atoms with E-state index in [4.69, 9.17) is 10.5 Å². The van der Waals surface area contributed by atoms with Crippen molar-refractivity contribution in [2.24, 2.45) is 11.7 Å². The van der Waals surface area contributed by atoms with Crippen LogP contribution in [0.3, 0.4) is 0 Å². The Balaban J connectivity index is 2.58. The average molecular weight is 222 g/mol. The van der Waals surface area contributed by atoms with Crippen LogP contribution in [0.4, 0.5) is 0 Å². The smallest absolute Gasteiger partial charge is 0.212 e. The van der Waals surface area contributed by atoms with Crippen molar-refractivity contribution in [3.63, 3.8) is 0 Å². The lowest BCUT2D eigenvalue weighted by atomic mass is 9.91. The Morgan fingerprint density at radius 1 is 1.31 bits per heavy atom. The van der Waals surface area contributed by atoms with E-state index in [0.29, 0.717) is 11.8 Å². The minimum Gasteiger partial charge on any atom is -0.481 e. The summed E-state index contributed by atoms with van der Waals surface area (Å²) in [4.78, 5) is 4.18. The van der Waals surface area contributed by atoms with Crippen molar-refractivity contribution in [2.45, 2.75) is 39.2 Å². The molecule has 1 atom stereocenters. The van der Waals surface area contributed by atoms with E-state index in [1.807, 2.05) is 18.3 Å². The summed E-state index contributed by atoms with van der Waals surface area (Å²) in [6, 6.07) is 4.15. The van der Waals surface area contributed by atoms with Crippen LogP contribution >= 0.6 is 0 Å². The largest absolute Gasteiger partial charge is 0.481 e. The maximum absolute atomic E-state index is 6.18. The number of ether oxygens (including phenoxy) is 1. The molecule has 0 aliphatic heterocycles. The van der Waals surface area contributed by atoms with Crippen molar-refractivity contribution >= 4 is 0 Å². The summed E-state index contributed by atoms with van der Waals surface area (Å²) in [5.41, 5.74) is 7.36. The Kier molecular flexibility index (Phi) is 5.26. The molecule has 0 saturated heterocycles. The molecule has 0 aliphatic rings. The van der Waals surface area contributed by atoms with Gasteiger partial charge >= 0.3 is 0 Å². The van der Waals surface area contributed by atoms with E-state index in [1.165, 1.54) is 5.56 Å². The van der Waals surface area contributed by atoms with Gasteiger partial charge in [0, 0.05) is 18.3 Å². The van der Waals surface area contributed by atoms with Gasteiger partial charge in [-0.2, -0.15) is 0 Å². The molecule has 2 N–H and O–H groups in total. The molecule has 90 valence electrons. The zero-order chi connectivity index (χ0) is 12.0. The molecular formula is C13H22N2O. The average Bonchev–Trinajstić information content (AvgIpc) is 2.31.